The quantitative estimate of drug-likeness (QED) is 0.559. The van der Waals surface area contributed by atoms with Crippen molar-refractivity contribution in [1.82, 2.24) is 14.9 Å². The molecule has 0 spiro atoms. The van der Waals surface area contributed by atoms with Gasteiger partial charge in [-0.25, -0.2) is 9.97 Å². The number of nitro benzene ring substituents is 1. The molecule has 1 aromatic carbocycles. The van der Waals surface area contributed by atoms with Gasteiger partial charge in [0.2, 0.25) is 0 Å². The minimum atomic E-state index is -0.355. The Bertz CT molecular complexity index is 894. The smallest absolute Gasteiger partial charge is 0.270 e. The average Bonchev–Trinajstić information content (AvgIpc) is 2.74. The van der Waals surface area contributed by atoms with Crippen LogP contribution >= 0.6 is 0 Å². The van der Waals surface area contributed by atoms with E-state index in [-0.39, 0.29) is 17.4 Å². The van der Waals surface area contributed by atoms with Crippen LogP contribution in [0.2, 0.25) is 0 Å². The largest absolute Gasteiger partial charge is 0.467 e. The minimum absolute atomic E-state index is 0.0879. The first-order chi connectivity index (χ1) is 14.0. The van der Waals surface area contributed by atoms with Gasteiger partial charge in [-0.05, 0) is 32.0 Å². The number of likely N-dealkylation sites (tertiary alicyclic amines) is 1. The molecule has 0 radical (unpaired) electrons. The highest BCUT2D eigenvalue weighted by molar-refractivity contribution is 5.50. The highest BCUT2D eigenvalue weighted by Gasteiger charge is 2.26. The fraction of sp³-hybridized carbons (Fsp3) is 0.524. The normalized spacial score (nSPS) is 17.8. The lowest BCUT2D eigenvalue weighted by Crippen LogP contribution is -2.33. The van der Waals surface area contributed by atoms with Gasteiger partial charge in [-0.2, -0.15) is 0 Å². The third-order valence-corrected chi connectivity index (χ3v) is 5.59. The molecule has 1 aromatic heterocycles. The molecule has 1 fully saturated rings. The number of nitrogens with zero attached hydrogens (tertiary/aromatic N) is 4. The third kappa shape index (κ3) is 4.38. The molecule has 1 saturated heterocycles. The van der Waals surface area contributed by atoms with E-state index in [1.165, 1.54) is 0 Å². The number of hydrogen-bond donors (Lipinski definition) is 0. The van der Waals surface area contributed by atoms with E-state index in [1.54, 1.807) is 12.1 Å². The first kappa shape index (κ1) is 19.7. The summed E-state index contributed by atoms with van der Waals surface area (Å²) in [6.45, 7) is 7.21. The summed E-state index contributed by atoms with van der Waals surface area (Å²) in [6.07, 6.45) is 3.88. The molecule has 4 rings (SSSR count). The molecule has 0 amide bonds. The predicted molar refractivity (Wildman–Crippen MR) is 107 cm³/mol. The van der Waals surface area contributed by atoms with Crippen LogP contribution in [0.4, 0.5) is 5.69 Å². The van der Waals surface area contributed by atoms with Gasteiger partial charge < -0.3 is 9.47 Å². The van der Waals surface area contributed by atoms with Crippen molar-refractivity contribution < 1.29 is 14.4 Å². The summed E-state index contributed by atoms with van der Waals surface area (Å²) in [7, 11) is 0. The first-order valence-electron chi connectivity index (χ1n) is 10.1. The summed E-state index contributed by atoms with van der Waals surface area (Å²) in [5, 5.41) is 11.3. The Kier molecular flexibility index (Phi) is 5.73. The number of piperidine rings is 1. The van der Waals surface area contributed by atoms with Gasteiger partial charge in [-0.1, -0.05) is 13.8 Å². The molecule has 29 heavy (non-hydrogen) atoms. The van der Waals surface area contributed by atoms with Crippen LogP contribution in [0.1, 0.15) is 61.2 Å². The number of hydrogen-bond acceptors (Lipinski definition) is 7. The minimum Gasteiger partial charge on any atom is -0.467 e. The lowest BCUT2D eigenvalue weighted by atomic mass is 9.92. The van der Waals surface area contributed by atoms with Crippen molar-refractivity contribution in [3.05, 3.63) is 57.2 Å². The van der Waals surface area contributed by atoms with E-state index in [9.17, 15) is 10.1 Å². The van der Waals surface area contributed by atoms with E-state index in [1.807, 2.05) is 12.3 Å². The van der Waals surface area contributed by atoms with Gasteiger partial charge in [0, 0.05) is 53.5 Å². The van der Waals surface area contributed by atoms with E-state index >= 15 is 0 Å². The number of nitro groups is 1. The fourth-order valence-corrected chi connectivity index (χ4v) is 4.03. The van der Waals surface area contributed by atoms with E-state index in [0.717, 1.165) is 54.3 Å². The van der Waals surface area contributed by atoms with Crippen LogP contribution in [0, 0.1) is 10.1 Å². The summed E-state index contributed by atoms with van der Waals surface area (Å²) in [5.41, 5.74) is 2.82. The Morgan fingerprint density at radius 1 is 1.31 bits per heavy atom. The van der Waals surface area contributed by atoms with Gasteiger partial charge in [0.15, 0.2) is 6.79 Å². The maximum Gasteiger partial charge on any atom is 0.270 e. The summed E-state index contributed by atoms with van der Waals surface area (Å²) < 4.78 is 11.0. The highest BCUT2D eigenvalue weighted by Crippen LogP contribution is 2.35. The van der Waals surface area contributed by atoms with Gasteiger partial charge >= 0.3 is 0 Å². The standard InChI is InChI=1S/C21H26N4O4/c1-14(2)21-22-6-3-19(23-21)15-4-7-24(8-5-15)11-16-9-18(25(26)27)10-17-12-28-13-29-20(16)17/h3,6,9-10,14-15H,4-5,7-8,11-13H2,1-2H3. The molecule has 8 heteroatoms. The van der Waals surface area contributed by atoms with Crippen molar-refractivity contribution in [3.63, 3.8) is 0 Å². The van der Waals surface area contributed by atoms with Crippen molar-refractivity contribution in [2.45, 2.75) is 51.7 Å². The van der Waals surface area contributed by atoms with Crippen LogP contribution in [0.5, 0.6) is 5.75 Å². The highest BCUT2D eigenvalue weighted by atomic mass is 16.7. The molecule has 2 aliphatic heterocycles. The Morgan fingerprint density at radius 3 is 2.83 bits per heavy atom. The lowest BCUT2D eigenvalue weighted by molar-refractivity contribution is -0.385. The van der Waals surface area contributed by atoms with E-state index in [0.29, 0.717) is 25.0 Å². The van der Waals surface area contributed by atoms with Crippen LogP contribution in [-0.2, 0) is 17.9 Å². The van der Waals surface area contributed by atoms with Gasteiger partial charge in [-0.3, -0.25) is 15.0 Å². The molecule has 0 aliphatic carbocycles. The molecular weight excluding hydrogens is 372 g/mol. The predicted octanol–water partition coefficient (Wildman–Crippen LogP) is 3.75. The summed E-state index contributed by atoms with van der Waals surface area (Å²) in [5.74, 6) is 2.38. The van der Waals surface area contributed by atoms with Crippen LogP contribution in [0.3, 0.4) is 0 Å². The first-order valence-corrected chi connectivity index (χ1v) is 10.1. The Labute approximate surface area is 170 Å². The van der Waals surface area contributed by atoms with Crippen LogP contribution in [0.25, 0.3) is 0 Å². The Morgan fingerprint density at radius 2 is 2.10 bits per heavy atom. The second kappa shape index (κ2) is 8.42. The van der Waals surface area contributed by atoms with E-state index in [2.05, 4.69) is 23.7 Å². The van der Waals surface area contributed by atoms with Gasteiger partial charge in [-0.15, -0.1) is 0 Å². The second-order valence-corrected chi connectivity index (χ2v) is 8.01. The van der Waals surface area contributed by atoms with Crippen LogP contribution in [0.15, 0.2) is 24.4 Å². The van der Waals surface area contributed by atoms with Gasteiger partial charge in [0.05, 0.1) is 11.5 Å². The molecule has 2 aromatic rings. The van der Waals surface area contributed by atoms with Crippen LogP contribution in [-0.4, -0.2) is 39.7 Å². The number of fused-ring (bicyclic) bond motifs is 1. The average molecular weight is 398 g/mol. The molecule has 0 bridgehead atoms. The zero-order chi connectivity index (χ0) is 20.4. The number of rotatable bonds is 5. The van der Waals surface area contributed by atoms with Crippen molar-refractivity contribution in [2.75, 3.05) is 19.9 Å². The van der Waals surface area contributed by atoms with Crippen molar-refractivity contribution in [2.24, 2.45) is 0 Å². The van der Waals surface area contributed by atoms with Crippen LogP contribution < -0.4 is 4.74 Å². The molecule has 0 saturated carbocycles. The van der Waals surface area contributed by atoms with Crippen molar-refractivity contribution in [1.29, 1.82) is 0 Å². The zero-order valence-corrected chi connectivity index (χ0v) is 16.8. The van der Waals surface area contributed by atoms with Crippen molar-refractivity contribution >= 4 is 5.69 Å². The molecule has 3 heterocycles. The number of non-ortho nitro benzene ring substituents is 1. The van der Waals surface area contributed by atoms with E-state index < -0.39 is 0 Å². The lowest BCUT2D eigenvalue weighted by Gasteiger charge is -2.32. The second-order valence-electron chi connectivity index (χ2n) is 8.01. The van der Waals surface area contributed by atoms with E-state index in [4.69, 9.17) is 14.5 Å². The molecular formula is C21H26N4O4. The third-order valence-electron chi connectivity index (χ3n) is 5.59. The number of ether oxygens (including phenoxy) is 2. The molecule has 154 valence electrons. The topological polar surface area (TPSA) is 90.6 Å². The summed E-state index contributed by atoms with van der Waals surface area (Å²) in [6, 6.07) is 5.21. The van der Waals surface area contributed by atoms with Gasteiger partial charge in [0.25, 0.3) is 5.69 Å². The monoisotopic (exact) mass is 398 g/mol. The number of aromatic nitrogens is 2. The Hall–Kier alpha value is -2.58. The zero-order valence-electron chi connectivity index (χ0n) is 16.8. The number of benzene rings is 1. The molecule has 8 nitrogen and oxygen atoms in total. The summed E-state index contributed by atoms with van der Waals surface area (Å²) >= 11 is 0. The van der Waals surface area contributed by atoms with Crippen molar-refractivity contribution in [3.8, 4) is 5.75 Å². The maximum atomic E-state index is 11.3. The SMILES string of the molecule is CC(C)c1nccc(C2CCN(Cc3cc([N+](=O)[O-])cc4c3OCOC4)CC2)n1. The Balaban J connectivity index is 1.45. The van der Waals surface area contributed by atoms with Gasteiger partial charge in [0.1, 0.15) is 11.6 Å². The molecule has 2 aliphatic rings. The molecule has 0 atom stereocenters. The molecule has 0 N–H and O–H groups in total. The molecule has 0 unspecified atom stereocenters. The summed E-state index contributed by atoms with van der Waals surface area (Å²) in [4.78, 5) is 22.4. The maximum absolute atomic E-state index is 11.3. The fourth-order valence-electron chi connectivity index (χ4n) is 4.03.